The molecule has 1 heterocycles. The van der Waals surface area contributed by atoms with Crippen LogP contribution in [-0.4, -0.2) is 9.78 Å². The first-order valence-corrected chi connectivity index (χ1v) is 5.20. The first-order valence-electron chi connectivity index (χ1n) is 5.20. The van der Waals surface area contributed by atoms with Gasteiger partial charge in [0.15, 0.2) is 11.6 Å². The summed E-state index contributed by atoms with van der Waals surface area (Å²) in [6.45, 7) is 1.51. The lowest BCUT2D eigenvalue weighted by molar-refractivity contribution is 0.486. The van der Waals surface area contributed by atoms with Gasteiger partial charge in [0.25, 0.3) is 0 Å². The van der Waals surface area contributed by atoms with Gasteiger partial charge in [0.05, 0.1) is 11.7 Å². The summed E-state index contributed by atoms with van der Waals surface area (Å²) in [5.74, 6) is -1.74. The topological polar surface area (TPSA) is 43.8 Å². The van der Waals surface area contributed by atoms with Gasteiger partial charge in [0.2, 0.25) is 0 Å². The maximum Gasteiger partial charge on any atom is 0.164 e. The van der Waals surface area contributed by atoms with Crippen molar-refractivity contribution in [2.24, 2.45) is 12.8 Å². The Morgan fingerprint density at radius 3 is 2.53 bits per heavy atom. The number of aryl methyl sites for hydroxylation is 2. The molecule has 90 valence electrons. The second kappa shape index (κ2) is 4.25. The summed E-state index contributed by atoms with van der Waals surface area (Å²) >= 11 is 0. The molecule has 2 N–H and O–H groups in total. The van der Waals surface area contributed by atoms with E-state index in [4.69, 9.17) is 5.73 Å². The fraction of sp³-hybridized carbons (Fsp3) is 0.250. The Bertz CT molecular complexity index is 549. The molecule has 0 saturated carbocycles. The van der Waals surface area contributed by atoms with Gasteiger partial charge < -0.3 is 5.73 Å². The van der Waals surface area contributed by atoms with Crippen LogP contribution in [0.5, 0.6) is 0 Å². The van der Waals surface area contributed by atoms with Crippen LogP contribution in [0.3, 0.4) is 0 Å². The van der Waals surface area contributed by atoms with Crippen LogP contribution in [-0.2, 0) is 7.05 Å². The number of rotatable bonds is 2. The van der Waals surface area contributed by atoms with Crippen LogP contribution in [0, 0.1) is 18.6 Å². The highest BCUT2D eigenvalue weighted by molar-refractivity contribution is 5.32. The minimum Gasteiger partial charge on any atom is -0.319 e. The van der Waals surface area contributed by atoms with E-state index < -0.39 is 17.7 Å². The number of halogens is 2. The van der Waals surface area contributed by atoms with Crippen molar-refractivity contribution in [3.63, 3.8) is 0 Å². The minimum absolute atomic E-state index is 0.136. The van der Waals surface area contributed by atoms with Gasteiger partial charge in [-0.3, -0.25) is 4.68 Å². The quantitative estimate of drug-likeness (QED) is 0.868. The Morgan fingerprint density at radius 2 is 1.94 bits per heavy atom. The summed E-state index contributed by atoms with van der Waals surface area (Å²) in [5, 5.41) is 3.95. The number of nitrogens with zero attached hydrogens (tertiary/aromatic N) is 2. The molecular weight excluding hydrogens is 224 g/mol. The fourth-order valence-corrected chi connectivity index (χ4v) is 1.75. The van der Waals surface area contributed by atoms with Crippen molar-refractivity contribution in [2.75, 3.05) is 0 Å². The van der Waals surface area contributed by atoms with Crippen LogP contribution in [0.15, 0.2) is 24.4 Å². The average molecular weight is 237 g/mol. The first kappa shape index (κ1) is 11.7. The number of benzene rings is 1. The van der Waals surface area contributed by atoms with Gasteiger partial charge in [-0.2, -0.15) is 5.10 Å². The Morgan fingerprint density at radius 1 is 1.24 bits per heavy atom. The normalized spacial score (nSPS) is 12.8. The van der Waals surface area contributed by atoms with E-state index in [1.807, 2.05) is 0 Å². The number of hydrogen-bond donors (Lipinski definition) is 1. The van der Waals surface area contributed by atoms with Crippen LogP contribution in [0.25, 0.3) is 0 Å². The molecule has 2 aromatic rings. The summed E-state index contributed by atoms with van der Waals surface area (Å²) < 4.78 is 28.7. The predicted molar refractivity (Wildman–Crippen MR) is 60.3 cm³/mol. The molecule has 1 unspecified atom stereocenters. The SMILES string of the molecule is Cc1ccc(C(N)c2ccnn2C)c(F)c1F. The van der Waals surface area contributed by atoms with Gasteiger partial charge in [-0.05, 0) is 18.6 Å². The standard InChI is InChI=1S/C12H13F2N3/c1-7-3-4-8(11(14)10(7)13)12(15)9-5-6-16-17(9)2/h3-6,12H,15H2,1-2H3. The first-order chi connectivity index (χ1) is 8.02. The van der Waals surface area contributed by atoms with Crippen LogP contribution in [0.1, 0.15) is 22.9 Å². The minimum atomic E-state index is -0.890. The van der Waals surface area contributed by atoms with Gasteiger partial charge >= 0.3 is 0 Å². The summed E-state index contributed by atoms with van der Waals surface area (Å²) in [7, 11) is 1.71. The smallest absolute Gasteiger partial charge is 0.164 e. The number of aromatic nitrogens is 2. The largest absolute Gasteiger partial charge is 0.319 e. The van der Waals surface area contributed by atoms with Crippen molar-refractivity contribution in [3.8, 4) is 0 Å². The van der Waals surface area contributed by atoms with Crippen molar-refractivity contribution in [3.05, 3.63) is 52.9 Å². The molecule has 5 heteroatoms. The van der Waals surface area contributed by atoms with E-state index in [-0.39, 0.29) is 11.1 Å². The maximum absolute atomic E-state index is 13.8. The van der Waals surface area contributed by atoms with E-state index in [0.717, 1.165) is 0 Å². The summed E-state index contributed by atoms with van der Waals surface area (Å²) in [5.41, 5.74) is 6.95. The van der Waals surface area contributed by atoms with Crippen molar-refractivity contribution in [1.29, 1.82) is 0 Å². The zero-order chi connectivity index (χ0) is 12.6. The second-order valence-electron chi connectivity index (χ2n) is 3.96. The lowest BCUT2D eigenvalue weighted by Gasteiger charge is -2.14. The van der Waals surface area contributed by atoms with Gasteiger partial charge in [0, 0.05) is 18.8 Å². The second-order valence-corrected chi connectivity index (χ2v) is 3.96. The third kappa shape index (κ3) is 1.93. The molecule has 0 spiro atoms. The van der Waals surface area contributed by atoms with Gasteiger partial charge in [0.1, 0.15) is 0 Å². The van der Waals surface area contributed by atoms with Crippen molar-refractivity contribution >= 4 is 0 Å². The maximum atomic E-state index is 13.8. The Labute approximate surface area is 97.9 Å². The van der Waals surface area contributed by atoms with E-state index >= 15 is 0 Å². The van der Waals surface area contributed by atoms with Crippen molar-refractivity contribution in [1.82, 2.24) is 9.78 Å². The summed E-state index contributed by atoms with van der Waals surface area (Å²) in [4.78, 5) is 0. The summed E-state index contributed by atoms with van der Waals surface area (Å²) in [6, 6.07) is 3.98. The lowest BCUT2D eigenvalue weighted by Crippen LogP contribution is -2.18. The molecule has 0 amide bonds. The van der Waals surface area contributed by atoms with E-state index in [1.54, 1.807) is 24.0 Å². The highest BCUT2D eigenvalue weighted by Gasteiger charge is 2.19. The molecule has 3 nitrogen and oxygen atoms in total. The molecule has 0 radical (unpaired) electrons. The number of hydrogen-bond acceptors (Lipinski definition) is 2. The van der Waals surface area contributed by atoms with E-state index in [0.29, 0.717) is 5.69 Å². The summed E-state index contributed by atoms with van der Waals surface area (Å²) in [6.07, 6.45) is 1.57. The molecule has 0 saturated heterocycles. The molecule has 1 aromatic carbocycles. The van der Waals surface area contributed by atoms with Crippen LogP contribution < -0.4 is 5.73 Å². The Kier molecular flexibility index (Phi) is 2.93. The fourth-order valence-electron chi connectivity index (χ4n) is 1.75. The van der Waals surface area contributed by atoms with Crippen molar-refractivity contribution < 1.29 is 8.78 Å². The van der Waals surface area contributed by atoms with Gasteiger partial charge in [-0.1, -0.05) is 12.1 Å². The zero-order valence-corrected chi connectivity index (χ0v) is 9.61. The van der Waals surface area contributed by atoms with Gasteiger partial charge in [-0.25, -0.2) is 8.78 Å². The Balaban J connectivity index is 2.48. The highest BCUT2D eigenvalue weighted by Crippen LogP contribution is 2.24. The molecule has 0 fully saturated rings. The molecular formula is C12H13F2N3. The van der Waals surface area contributed by atoms with Gasteiger partial charge in [-0.15, -0.1) is 0 Å². The third-order valence-corrected chi connectivity index (χ3v) is 2.82. The molecule has 2 rings (SSSR count). The third-order valence-electron chi connectivity index (χ3n) is 2.82. The molecule has 17 heavy (non-hydrogen) atoms. The van der Waals surface area contributed by atoms with Crippen LogP contribution in [0.4, 0.5) is 8.78 Å². The van der Waals surface area contributed by atoms with E-state index in [1.165, 1.54) is 19.1 Å². The molecule has 0 aliphatic rings. The monoisotopic (exact) mass is 237 g/mol. The Hall–Kier alpha value is -1.75. The highest BCUT2D eigenvalue weighted by atomic mass is 19.2. The zero-order valence-electron chi connectivity index (χ0n) is 9.61. The molecule has 1 aromatic heterocycles. The molecule has 0 aliphatic heterocycles. The average Bonchev–Trinajstić information content (AvgIpc) is 2.72. The molecule has 1 atom stereocenters. The van der Waals surface area contributed by atoms with Crippen LogP contribution in [0.2, 0.25) is 0 Å². The van der Waals surface area contributed by atoms with E-state index in [2.05, 4.69) is 5.10 Å². The van der Waals surface area contributed by atoms with E-state index in [9.17, 15) is 8.78 Å². The molecule has 0 aliphatic carbocycles. The predicted octanol–water partition coefficient (Wildman–Crippen LogP) is 2.05. The molecule has 0 bridgehead atoms. The van der Waals surface area contributed by atoms with Crippen LogP contribution >= 0.6 is 0 Å². The van der Waals surface area contributed by atoms with Crippen molar-refractivity contribution in [2.45, 2.75) is 13.0 Å². The lowest BCUT2D eigenvalue weighted by atomic mass is 10.0. The number of nitrogens with two attached hydrogens (primary N) is 1.